The van der Waals surface area contributed by atoms with E-state index in [4.69, 9.17) is 4.74 Å². The summed E-state index contributed by atoms with van der Waals surface area (Å²) in [5.74, 6) is 0.495. The molecule has 0 radical (unpaired) electrons. The zero-order chi connectivity index (χ0) is 15.1. The van der Waals surface area contributed by atoms with Gasteiger partial charge in [0.2, 0.25) is 0 Å². The van der Waals surface area contributed by atoms with E-state index in [1.807, 2.05) is 12.1 Å². The van der Waals surface area contributed by atoms with Crippen LogP contribution >= 0.6 is 0 Å². The standard InChI is InChI=1S/C16H19N3O2/c1-3-13-6-7-15(18-11-13)19(9-10-21-2)16(20)14-5-4-8-17-12-14/h4-8,11-12H,3,9-10H2,1-2H3. The largest absolute Gasteiger partial charge is 0.383 e. The highest BCUT2D eigenvalue weighted by Crippen LogP contribution is 2.15. The summed E-state index contributed by atoms with van der Waals surface area (Å²) in [6, 6.07) is 7.34. The lowest BCUT2D eigenvalue weighted by molar-refractivity contribution is 0.0974. The van der Waals surface area contributed by atoms with E-state index >= 15 is 0 Å². The molecule has 21 heavy (non-hydrogen) atoms. The molecular weight excluding hydrogens is 266 g/mol. The van der Waals surface area contributed by atoms with Gasteiger partial charge in [-0.05, 0) is 30.2 Å². The highest BCUT2D eigenvalue weighted by molar-refractivity contribution is 6.05. The average molecular weight is 285 g/mol. The van der Waals surface area contributed by atoms with Gasteiger partial charge in [-0.15, -0.1) is 0 Å². The first kappa shape index (κ1) is 15.1. The predicted molar refractivity (Wildman–Crippen MR) is 81.4 cm³/mol. The fourth-order valence-corrected chi connectivity index (χ4v) is 1.93. The first-order valence-corrected chi connectivity index (χ1v) is 6.92. The van der Waals surface area contributed by atoms with Gasteiger partial charge < -0.3 is 4.74 Å². The normalized spacial score (nSPS) is 10.4. The van der Waals surface area contributed by atoms with Crippen LogP contribution in [-0.2, 0) is 11.2 Å². The number of ether oxygens (including phenoxy) is 1. The van der Waals surface area contributed by atoms with E-state index in [0.29, 0.717) is 24.5 Å². The molecule has 5 heteroatoms. The number of anilines is 1. The van der Waals surface area contributed by atoms with Crippen LogP contribution in [-0.4, -0.2) is 36.1 Å². The molecule has 110 valence electrons. The summed E-state index contributed by atoms with van der Waals surface area (Å²) < 4.78 is 5.09. The lowest BCUT2D eigenvalue weighted by Gasteiger charge is -2.21. The number of amides is 1. The first-order valence-electron chi connectivity index (χ1n) is 6.92. The van der Waals surface area contributed by atoms with Crippen molar-refractivity contribution in [2.75, 3.05) is 25.2 Å². The third-order valence-corrected chi connectivity index (χ3v) is 3.17. The Hall–Kier alpha value is -2.27. The average Bonchev–Trinajstić information content (AvgIpc) is 2.56. The molecule has 0 aliphatic carbocycles. The lowest BCUT2D eigenvalue weighted by Crippen LogP contribution is -2.34. The molecule has 2 heterocycles. The van der Waals surface area contributed by atoms with Crippen LogP contribution < -0.4 is 4.90 Å². The number of nitrogens with zero attached hydrogens (tertiary/aromatic N) is 3. The Morgan fingerprint density at radius 1 is 1.29 bits per heavy atom. The quantitative estimate of drug-likeness (QED) is 0.817. The van der Waals surface area contributed by atoms with Crippen LogP contribution in [0.25, 0.3) is 0 Å². The molecule has 0 aromatic carbocycles. The Morgan fingerprint density at radius 3 is 2.71 bits per heavy atom. The van der Waals surface area contributed by atoms with Gasteiger partial charge in [-0.2, -0.15) is 0 Å². The molecule has 2 aromatic heterocycles. The number of methoxy groups -OCH3 is 1. The van der Waals surface area contributed by atoms with Crippen LogP contribution in [0.3, 0.4) is 0 Å². The second-order valence-electron chi connectivity index (χ2n) is 4.57. The number of rotatable bonds is 6. The number of pyridine rings is 2. The molecule has 0 saturated carbocycles. The molecule has 0 N–H and O–H groups in total. The summed E-state index contributed by atoms with van der Waals surface area (Å²) in [6.07, 6.45) is 5.92. The van der Waals surface area contributed by atoms with Gasteiger partial charge in [-0.3, -0.25) is 14.7 Å². The molecule has 1 amide bonds. The van der Waals surface area contributed by atoms with E-state index < -0.39 is 0 Å². The fourth-order valence-electron chi connectivity index (χ4n) is 1.93. The molecule has 2 aromatic rings. The number of hydrogen-bond donors (Lipinski definition) is 0. The van der Waals surface area contributed by atoms with E-state index in [2.05, 4.69) is 16.9 Å². The number of carbonyl (C=O) groups is 1. The number of carbonyl (C=O) groups excluding carboxylic acids is 1. The minimum Gasteiger partial charge on any atom is -0.383 e. The summed E-state index contributed by atoms with van der Waals surface area (Å²) in [7, 11) is 1.61. The number of aromatic nitrogens is 2. The molecule has 0 spiro atoms. The van der Waals surface area contributed by atoms with Gasteiger partial charge in [0.1, 0.15) is 5.82 Å². The summed E-state index contributed by atoms with van der Waals surface area (Å²) in [5.41, 5.74) is 1.68. The van der Waals surface area contributed by atoms with Gasteiger partial charge >= 0.3 is 0 Å². The second kappa shape index (κ2) is 7.50. The van der Waals surface area contributed by atoms with E-state index in [0.717, 1.165) is 12.0 Å². The van der Waals surface area contributed by atoms with Gasteiger partial charge in [-0.25, -0.2) is 4.98 Å². The van der Waals surface area contributed by atoms with Gasteiger partial charge in [0, 0.05) is 25.7 Å². The van der Waals surface area contributed by atoms with Crippen LogP contribution in [0.2, 0.25) is 0 Å². The highest BCUT2D eigenvalue weighted by Gasteiger charge is 2.18. The Balaban J connectivity index is 2.26. The van der Waals surface area contributed by atoms with E-state index in [1.165, 1.54) is 0 Å². The smallest absolute Gasteiger partial charge is 0.261 e. The zero-order valence-corrected chi connectivity index (χ0v) is 12.3. The monoisotopic (exact) mass is 285 g/mol. The Labute approximate surface area is 124 Å². The SMILES string of the molecule is CCc1ccc(N(CCOC)C(=O)c2cccnc2)nc1. The molecule has 0 aliphatic rings. The maximum Gasteiger partial charge on any atom is 0.261 e. The topological polar surface area (TPSA) is 55.3 Å². The van der Waals surface area contributed by atoms with E-state index in [1.54, 1.807) is 42.7 Å². The van der Waals surface area contributed by atoms with Crippen LogP contribution in [0.1, 0.15) is 22.8 Å². The van der Waals surface area contributed by atoms with E-state index in [-0.39, 0.29) is 5.91 Å². The van der Waals surface area contributed by atoms with Crippen molar-refractivity contribution < 1.29 is 9.53 Å². The molecule has 0 atom stereocenters. The Bertz CT molecular complexity index is 570. The summed E-state index contributed by atoms with van der Waals surface area (Å²) in [5, 5.41) is 0. The van der Waals surface area contributed by atoms with Crippen molar-refractivity contribution in [1.29, 1.82) is 0 Å². The molecule has 0 fully saturated rings. The van der Waals surface area contributed by atoms with Crippen molar-refractivity contribution in [3.63, 3.8) is 0 Å². The van der Waals surface area contributed by atoms with Crippen molar-refractivity contribution in [3.8, 4) is 0 Å². The minimum absolute atomic E-state index is 0.128. The maximum atomic E-state index is 12.6. The molecule has 0 bridgehead atoms. The lowest BCUT2D eigenvalue weighted by atomic mass is 10.2. The van der Waals surface area contributed by atoms with Crippen molar-refractivity contribution in [1.82, 2.24) is 9.97 Å². The fraction of sp³-hybridized carbons (Fsp3) is 0.312. The third kappa shape index (κ3) is 3.86. The minimum atomic E-state index is -0.128. The van der Waals surface area contributed by atoms with Crippen molar-refractivity contribution in [3.05, 3.63) is 54.0 Å². The van der Waals surface area contributed by atoms with Crippen LogP contribution in [0.5, 0.6) is 0 Å². The molecular formula is C16H19N3O2. The van der Waals surface area contributed by atoms with Gasteiger partial charge in [0.05, 0.1) is 18.7 Å². The number of aryl methyl sites for hydroxylation is 1. The first-order chi connectivity index (χ1) is 10.3. The summed E-state index contributed by atoms with van der Waals surface area (Å²) in [6.45, 7) is 2.96. The highest BCUT2D eigenvalue weighted by atomic mass is 16.5. The van der Waals surface area contributed by atoms with Crippen LogP contribution in [0.15, 0.2) is 42.9 Å². The van der Waals surface area contributed by atoms with Crippen LogP contribution in [0.4, 0.5) is 5.82 Å². The number of hydrogen-bond acceptors (Lipinski definition) is 4. The maximum absolute atomic E-state index is 12.6. The zero-order valence-electron chi connectivity index (χ0n) is 12.3. The Kier molecular flexibility index (Phi) is 5.40. The van der Waals surface area contributed by atoms with Crippen molar-refractivity contribution in [2.24, 2.45) is 0 Å². The predicted octanol–water partition coefficient (Wildman–Crippen LogP) is 2.33. The summed E-state index contributed by atoms with van der Waals surface area (Å²) in [4.78, 5) is 22.6. The van der Waals surface area contributed by atoms with Gasteiger partial charge in [0.25, 0.3) is 5.91 Å². The Morgan fingerprint density at radius 2 is 2.14 bits per heavy atom. The van der Waals surface area contributed by atoms with Gasteiger partial charge in [0.15, 0.2) is 0 Å². The molecule has 2 rings (SSSR count). The van der Waals surface area contributed by atoms with Crippen molar-refractivity contribution >= 4 is 11.7 Å². The van der Waals surface area contributed by atoms with E-state index in [9.17, 15) is 4.79 Å². The second-order valence-corrected chi connectivity index (χ2v) is 4.57. The molecule has 0 aliphatic heterocycles. The van der Waals surface area contributed by atoms with Crippen molar-refractivity contribution in [2.45, 2.75) is 13.3 Å². The molecule has 5 nitrogen and oxygen atoms in total. The molecule has 0 unspecified atom stereocenters. The van der Waals surface area contributed by atoms with Gasteiger partial charge in [-0.1, -0.05) is 13.0 Å². The third-order valence-electron chi connectivity index (χ3n) is 3.17. The molecule has 0 saturated heterocycles. The summed E-state index contributed by atoms with van der Waals surface area (Å²) >= 11 is 0. The van der Waals surface area contributed by atoms with Crippen LogP contribution in [0, 0.1) is 0 Å².